The highest BCUT2D eigenvalue weighted by Gasteiger charge is 2.65. The lowest BCUT2D eigenvalue weighted by molar-refractivity contribution is -0.198. The van der Waals surface area contributed by atoms with Crippen LogP contribution in [0.25, 0.3) is 0 Å². The molecule has 8 nitrogen and oxygen atoms in total. The fraction of sp³-hybridized carbons (Fsp3) is 0.941. The van der Waals surface area contributed by atoms with Gasteiger partial charge in [0.1, 0.15) is 6.42 Å². The van der Waals surface area contributed by atoms with Crippen LogP contribution in [0, 0.1) is 52.3 Å². The normalized spacial score (nSPS) is 39.9. The summed E-state index contributed by atoms with van der Waals surface area (Å²) in [6, 6.07) is 0. The number of aromatic nitrogens is 4. The number of aryl methyl sites for hydroxylation is 1. The standard InChI is InChI=1S/C34H60N4O4Si/c1-9-24-28-20-23(39)15-17-34(28,5)27-16-18-33(4)25(13-14-26(33)31(27)32(24)42-43(6,7)8)22(3)12-11-19-38-29(35-36-37-38)21-30(40)41-10-2/h22-28,31-32,39H,9-21H2,1-8H3/t22-,23-,24-,25-,26+,27+,28+,31+,32-,33-,34-/m1/s1. The highest BCUT2D eigenvalue weighted by molar-refractivity contribution is 6.69. The molecule has 4 aliphatic rings. The average molecular weight is 617 g/mol. The number of ether oxygens (including phenoxy) is 1. The van der Waals surface area contributed by atoms with E-state index in [9.17, 15) is 9.90 Å². The van der Waals surface area contributed by atoms with Crippen molar-refractivity contribution in [3.8, 4) is 0 Å². The molecule has 0 amide bonds. The van der Waals surface area contributed by atoms with Gasteiger partial charge in [-0.2, -0.15) is 0 Å². The molecule has 0 radical (unpaired) electrons. The van der Waals surface area contributed by atoms with Gasteiger partial charge in [-0.1, -0.05) is 34.1 Å². The van der Waals surface area contributed by atoms with E-state index in [1.807, 2.05) is 6.92 Å². The Balaban J connectivity index is 1.32. The Morgan fingerprint density at radius 3 is 2.49 bits per heavy atom. The second kappa shape index (κ2) is 12.8. The predicted octanol–water partition coefficient (Wildman–Crippen LogP) is 6.68. The fourth-order valence-corrected chi connectivity index (χ4v) is 12.2. The van der Waals surface area contributed by atoms with Crippen LogP contribution >= 0.6 is 0 Å². The first kappa shape index (κ1) is 33.1. The van der Waals surface area contributed by atoms with Crippen LogP contribution in [0.1, 0.15) is 105 Å². The van der Waals surface area contributed by atoms with Crippen molar-refractivity contribution in [1.29, 1.82) is 0 Å². The third-order valence-electron chi connectivity index (χ3n) is 12.9. The highest BCUT2D eigenvalue weighted by Crippen LogP contribution is 2.70. The van der Waals surface area contributed by atoms with Gasteiger partial charge in [-0.3, -0.25) is 4.79 Å². The molecule has 11 atom stereocenters. The number of fused-ring (bicyclic) bond motifs is 5. The van der Waals surface area contributed by atoms with Gasteiger partial charge in [0.2, 0.25) is 0 Å². The zero-order valence-corrected chi connectivity index (χ0v) is 29.3. The number of esters is 1. The summed E-state index contributed by atoms with van der Waals surface area (Å²) in [7, 11) is -1.76. The first-order chi connectivity index (χ1) is 20.3. The molecule has 4 aliphatic carbocycles. The average Bonchev–Trinajstić information content (AvgIpc) is 3.52. The van der Waals surface area contributed by atoms with Gasteiger partial charge in [0.25, 0.3) is 0 Å². The number of aliphatic hydroxyl groups is 1. The van der Waals surface area contributed by atoms with Crippen LogP contribution < -0.4 is 0 Å². The van der Waals surface area contributed by atoms with Gasteiger partial charge >= 0.3 is 5.97 Å². The monoisotopic (exact) mass is 616 g/mol. The summed E-state index contributed by atoms with van der Waals surface area (Å²) in [5.74, 6) is 4.85. The molecule has 1 aromatic rings. The van der Waals surface area contributed by atoms with E-state index >= 15 is 0 Å². The van der Waals surface area contributed by atoms with E-state index in [-0.39, 0.29) is 18.5 Å². The maximum absolute atomic E-state index is 12.0. The molecule has 1 heterocycles. The SMILES string of the molecule is CCOC(=O)Cc1nnnn1CCC[C@@H](C)[C@H]1CC[C@H]2[C@@H]3[C@H](O[Si](C)(C)C)[C@H](CC)[C@@H]4C[C@H](O)CC[C@]4(C)[C@H]3CC[C@]12C. The van der Waals surface area contributed by atoms with Crippen LogP contribution in [0.15, 0.2) is 0 Å². The lowest BCUT2D eigenvalue weighted by Gasteiger charge is -2.66. The van der Waals surface area contributed by atoms with Crippen LogP contribution in [-0.4, -0.2) is 58.4 Å². The van der Waals surface area contributed by atoms with Crippen molar-refractivity contribution in [2.45, 2.75) is 144 Å². The molecule has 1 aromatic heterocycles. The molecule has 1 N–H and O–H groups in total. The molecule has 0 saturated heterocycles. The zero-order chi connectivity index (χ0) is 31.2. The molecule has 0 spiro atoms. The molecule has 0 unspecified atom stereocenters. The lowest BCUT2D eigenvalue weighted by atomic mass is 9.41. The Morgan fingerprint density at radius 1 is 1.07 bits per heavy atom. The Bertz CT molecular complexity index is 1110. The largest absolute Gasteiger partial charge is 0.466 e. The smallest absolute Gasteiger partial charge is 0.313 e. The summed E-state index contributed by atoms with van der Waals surface area (Å²) in [6.45, 7) is 20.2. The number of carbonyl (C=O) groups excluding carboxylic acids is 1. The molecule has 0 aliphatic heterocycles. The molecule has 43 heavy (non-hydrogen) atoms. The van der Waals surface area contributed by atoms with Crippen molar-refractivity contribution in [3.05, 3.63) is 5.82 Å². The predicted molar refractivity (Wildman–Crippen MR) is 171 cm³/mol. The zero-order valence-electron chi connectivity index (χ0n) is 28.3. The quantitative estimate of drug-likeness (QED) is 0.219. The van der Waals surface area contributed by atoms with E-state index in [1.165, 1.54) is 32.1 Å². The number of tetrazole rings is 1. The third kappa shape index (κ3) is 6.38. The Kier molecular flexibility index (Phi) is 9.85. The number of hydrogen-bond donors (Lipinski definition) is 1. The van der Waals surface area contributed by atoms with E-state index in [1.54, 1.807) is 4.68 Å². The molecule has 244 valence electrons. The maximum atomic E-state index is 12.0. The molecular weight excluding hydrogens is 556 g/mol. The highest BCUT2D eigenvalue weighted by atomic mass is 28.4. The molecule has 0 bridgehead atoms. The van der Waals surface area contributed by atoms with E-state index < -0.39 is 8.32 Å². The van der Waals surface area contributed by atoms with Gasteiger partial charge in [0.05, 0.1) is 18.8 Å². The van der Waals surface area contributed by atoms with Crippen LogP contribution in [0.2, 0.25) is 19.6 Å². The van der Waals surface area contributed by atoms with E-state index in [4.69, 9.17) is 9.16 Å². The van der Waals surface area contributed by atoms with Gasteiger partial charge in [0, 0.05) is 6.54 Å². The van der Waals surface area contributed by atoms with Gasteiger partial charge in [-0.15, -0.1) is 5.10 Å². The summed E-state index contributed by atoms with van der Waals surface area (Å²) < 4.78 is 14.2. The molecule has 4 saturated carbocycles. The minimum absolute atomic E-state index is 0.124. The third-order valence-corrected chi connectivity index (χ3v) is 13.8. The molecular formula is C34H60N4O4Si. The second-order valence-corrected chi connectivity index (χ2v) is 20.7. The van der Waals surface area contributed by atoms with E-state index in [0.717, 1.165) is 50.5 Å². The topological polar surface area (TPSA) is 99.4 Å². The van der Waals surface area contributed by atoms with Crippen molar-refractivity contribution >= 4 is 14.3 Å². The fourth-order valence-electron chi connectivity index (χ4n) is 11.1. The van der Waals surface area contributed by atoms with Crippen molar-refractivity contribution in [3.63, 3.8) is 0 Å². The number of aliphatic hydroxyl groups excluding tert-OH is 1. The summed E-state index contributed by atoms with van der Waals surface area (Å²) in [5.41, 5.74) is 0.670. The first-order valence-corrected chi connectivity index (χ1v) is 21.0. The molecule has 0 aromatic carbocycles. The maximum Gasteiger partial charge on any atom is 0.313 e. The van der Waals surface area contributed by atoms with Gasteiger partial charge in [-0.05, 0) is 147 Å². The molecule has 5 rings (SSSR count). The summed E-state index contributed by atoms with van der Waals surface area (Å²) in [5, 5.41) is 22.9. The van der Waals surface area contributed by atoms with Crippen molar-refractivity contribution in [2.24, 2.45) is 52.3 Å². The molecule has 4 fully saturated rings. The van der Waals surface area contributed by atoms with Crippen LogP contribution in [0.4, 0.5) is 0 Å². The Labute approximate surface area is 261 Å². The number of rotatable bonds is 11. The van der Waals surface area contributed by atoms with Crippen LogP contribution in [-0.2, 0) is 26.9 Å². The van der Waals surface area contributed by atoms with Gasteiger partial charge < -0.3 is 14.3 Å². The number of carbonyl (C=O) groups is 1. The summed E-state index contributed by atoms with van der Waals surface area (Å²) in [4.78, 5) is 12.0. The minimum Gasteiger partial charge on any atom is -0.466 e. The van der Waals surface area contributed by atoms with Gasteiger partial charge in [-0.25, -0.2) is 4.68 Å². The Hall–Kier alpha value is -1.32. The van der Waals surface area contributed by atoms with Crippen LogP contribution in [0.5, 0.6) is 0 Å². The van der Waals surface area contributed by atoms with Crippen LogP contribution in [0.3, 0.4) is 0 Å². The second-order valence-electron chi connectivity index (χ2n) is 16.2. The number of hydrogen-bond acceptors (Lipinski definition) is 7. The van der Waals surface area contributed by atoms with Crippen molar-refractivity contribution in [2.75, 3.05) is 6.61 Å². The van der Waals surface area contributed by atoms with E-state index in [2.05, 4.69) is 62.9 Å². The summed E-state index contributed by atoms with van der Waals surface area (Å²) in [6.07, 6.45) is 12.0. The van der Waals surface area contributed by atoms with Gasteiger partial charge in [0.15, 0.2) is 14.1 Å². The van der Waals surface area contributed by atoms with Crippen molar-refractivity contribution < 1.29 is 19.1 Å². The first-order valence-electron chi connectivity index (χ1n) is 17.6. The van der Waals surface area contributed by atoms with E-state index in [0.29, 0.717) is 59.0 Å². The Morgan fingerprint density at radius 2 is 1.79 bits per heavy atom. The molecule has 9 heteroatoms. The lowest BCUT2D eigenvalue weighted by Crippen LogP contribution is -2.63. The minimum atomic E-state index is -1.76. The number of nitrogens with zero attached hydrogens (tertiary/aromatic N) is 4. The summed E-state index contributed by atoms with van der Waals surface area (Å²) >= 11 is 0. The van der Waals surface area contributed by atoms with Crippen molar-refractivity contribution in [1.82, 2.24) is 20.2 Å².